The highest BCUT2D eigenvalue weighted by atomic mass is 35.5. The summed E-state index contributed by atoms with van der Waals surface area (Å²) < 4.78 is 13.4. The van der Waals surface area contributed by atoms with Crippen molar-refractivity contribution in [3.63, 3.8) is 0 Å². The first kappa shape index (κ1) is 9.90. The van der Waals surface area contributed by atoms with E-state index in [1.807, 2.05) is 0 Å². The number of hydrogen-bond donors (Lipinski definition) is 2. The third-order valence-electron chi connectivity index (χ3n) is 2.57. The van der Waals surface area contributed by atoms with Gasteiger partial charge in [0.1, 0.15) is 5.82 Å². The van der Waals surface area contributed by atoms with Gasteiger partial charge in [0.25, 0.3) is 0 Å². The number of hydrogen-bond acceptors (Lipinski definition) is 2. The third kappa shape index (κ3) is 1.90. The molecule has 76 valence electrons. The van der Waals surface area contributed by atoms with E-state index in [0.29, 0.717) is 16.5 Å². The summed E-state index contributed by atoms with van der Waals surface area (Å²) >= 11 is 5.81. The van der Waals surface area contributed by atoms with Crippen LogP contribution in [0.5, 0.6) is 0 Å². The van der Waals surface area contributed by atoms with E-state index in [1.54, 1.807) is 12.1 Å². The van der Waals surface area contributed by atoms with Crippen molar-refractivity contribution in [1.82, 2.24) is 5.43 Å². The molecule has 0 radical (unpaired) electrons. The first-order valence-electron chi connectivity index (χ1n) is 4.63. The summed E-state index contributed by atoms with van der Waals surface area (Å²) in [6.07, 6.45) is 2.20. The van der Waals surface area contributed by atoms with Crippen molar-refractivity contribution in [3.05, 3.63) is 34.6 Å². The second-order valence-electron chi connectivity index (χ2n) is 3.65. The number of nitrogens with two attached hydrogens (primary N) is 1. The maximum atomic E-state index is 13.4. The number of benzene rings is 1. The van der Waals surface area contributed by atoms with Crippen LogP contribution in [0.2, 0.25) is 5.02 Å². The Hall–Kier alpha value is -0.640. The molecule has 0 bridgehead atoms. The van der Waals surface area contributed by atoms with Crippen LogP contribution >= 0.6 is 11.6 Å². The van der Waals surface area contributed by atoms with E-state index >= 15 is 0 Å². The van der Waals surface area contributed by atoms with Crippen LogP contribution in [0.3, 0.4) is 0 Å². The molecule has 2 nitrogen and oxygen atoms in total. The van der Waals surface area contributed by atoms with Crippen molar-refractivity contribution in [2.45, 2.75) is 18.9 Å². The van der Waals surface area contributed by atoms with Gasteiger partial charge in [-0.05, 0) is 37.0 Å². The molecule has 1 fully saturated rings. The molecule has 2 rings (SSSR count). The van der Waals surface area contributed by atoms with Crippen LogP contribution in [0, 0.1) is 11.7 Å². The summed E-state index contributed by atoms with van der Waals surface area (Å²) in [5, 5.41) is 0.544. The number of rotatable bonds is 3. The van der Waals surface area contributed by atoms with Crippen LogP contribution in [0.15, 0.2) is 18.2 Å². The summed E-state index contributed by atoms with van der Waals surface area (Å²) in [5.74, 6) is 5.61. The molecule has 1 aromatic rings. The van der Waals surface area contributed by atoms with Crippen LogP contribution in [0.25, 0.3) is 0 Å². The maximum Gasteiger partial charge on any atom is 0.128 e. The minimum atomic E-state index is -0.246. The molecule has 1 saturated carbocycles. The van der Waals surface area contributed by atoms with Gasteiger partial charge in [-0.2, -0.15) is 0 Å². The number of halogens is 2. The van der Waals surface area contributed by atoms with Crippen molar-refractivity contribution >= 4 is 11.6 Å². The molecule has 14 heavy (non-hydrogen) atoms. The lowest BCUT2D eigenvalue weighted by Crippen LogP contribution is -2.30. The van der Waals surface area contributed by atoms with Gasteiger partial charge in [0, 0.05) is 10.6 Å². The van der Waals surface area contributed by atoms with Crippen molar-refractivity contribution < 1.29 is 4.39 Å². The summed E-state index contributed by atoms with van der Waals surface area (Å²) in [5.41, 5.74) is 3.22. The Morgan fingerprint density at radius 3 is 2.79 bits per heavy atom. The van der Waals surface area contributed by atoms with E-state index in [0.717, 1.165) is 12.8 Å². The lowest BCUT2D eigenvalue weighted by atomic mass is 10.0. The maximum absolute atomic E-state index is 13.4. The van der Waals surface area contributed by atoms with E-state index in [9.17, 15) is 4.39 Å². The summed E-state index contributed by atoms with van der Waals surface area (Å²) in [7, 11) is 0. The fraction of sp³-hybridized carbons (Fsp3) is 0.400. The molecule has 0 aromatic heterocycles. The van der Waals surface area contributed by atoms with E-state index in [4.69, 9.17) is 17.4 Å². The molecule has 0 heterocycles. The van der Waals surface area contributed by atoms with Gasteiger partial charge in [0.05, 0.1) is 6.04 Å². The van der Waals surface area contributed by atoms with Gasteiger partial charge in [-0.15, -0.1) is 0 Å². The smallest absolute Gasteiger partial charge is 0.128 e. The van der Waals surface area contributed by atoms with Crippen LogP contribution in [-0.4, -0.2) is 0 Å². The Morgan fingerprint density at radius 1 is 1.50 bits per heavy atom. The molecule has 0 amide bonds. The SMILES string of the molecule is NNC(c1cc(Cl)ccc1F)C1CC1. The minimum absolute atomic E-state index is 0.103. The van der Waals surface area contributed by atoms with Crippen LogP contribution in [0.4, 0.5) is 4.39 Å². The Kier molecular flexibility index (Phi) is 2.72. The van der Waals surface area contributed by atoms with Crippen LogP contribution in [-0.2, 0) is 0 Å². The molecule has 0 aliphatic heterocycles. The van der Waals surface area contributed by atoms with Gasteiger partial charge in [-0.25, -0.2) is 4.39 Å². The molecule has 4 heteroatoms. The fourth-order valence-electron chi connectivity index (χ4n) is 1.66. The number of nitrogens with one attached hydrogen (secondary N) is 1. The van der Waals surface area contributed by atoms with Crippen LogP contribution < -0.4 is 11.3 Å². The highest BCUT2D eigenvalue weighted by molar-refractivity contribution is 6.30. The first-order valence-corrected chi connectivity index (χ1v) is 5.01. The molecule has 1 aromatic carbocycles. The normalized spacial score (nSPS) is 18.2. The largest absolute Gasteiger partial charge is 0.271 e. The Bertz CT molecular complexity index is 339. The van der Waals surface area contributed by atoms with E-state index in [-0.39, 0.29) is 11.9 Å². The summed E-state index contributed by atoms with van der Waals surface area (Å²) in [6, 6.07) is 4.46. The average molecular weight is 215 g/mol. The Morgan fingerprint density at radius 2 is 2.21 bits per heavy atom. The van der Waals surface area contributed by atoms with Crippen molar-refractivity contribution in [2.75, 3.05) is 0 Å². The van der Waals surface area contributed by atoms with E-state index in [1.165, 1.54) is 6.07 Å². The standard InChI is InChI=1S/C10H12ClFN2/c11-7-3-4-9(12)8(5-7)10(14-13)6-1-2-6/h3-6,10,14H,1-2,13H2. The van der Waals surface area contributed by atoms with Crippen molar-refractivity contribution in [3.8, 4) is 0 Å². The van der Waals surface area contributed by atoms with Crippen LogP contribution in [0.1, 0.15) is 24.4 Å². The highest BCUT2D eigenvalue weighted by Crippen LogP contribution is 2.41. The minimum Gasteiger partial charge on any atom is -0.271 e. The number of hydrazine groups is 1. The fourth-order valence-corrected chi connectivity index (χ4v) is 1.84. The Balaban J connectivity index is 2.32. The topological polar surface area (TPSA) is 38.0 Å². The second kappa shape index (κ2) is 3.85. The molecular formula is C10H12ClFN2. The zero-order valence-electron chi connectivity index (χ0n) is 7.63. The second-order valence-corrected chi connectivity index (χ2v) is 4.08. The predicted octanol–water partition coefficient (Wildman–Crippen LogP) is 2.39. The molecule has 1 atom stereocenters. The predicted molar refractivity (Wildman–Crippen MR) is 54.2 cm³/mol. The average Bonchev–Trinajstić information content (AvgIpc) is 2.96. The Labute approximate surface area is 87.2 Å². The molecule has 0 spiro atoms. The van der Waals surface area contributed by atoms with Crippen molar-refractivity contribution in [1.29, 1.82) is 0 Å². The van der Waals surface area contributed by atoms with Gasteiger partial charge in [-0.1, -0.05) is 11.6 Å². The van der Waals surface area contributed by atoms with Gasteiger partial charge in [0.15, 0.2) is 0 Å². The van der Waals surface area contributed by atoms with Gasteiger partial charge in [-0.3, -0.25) is 11.3 Å². The third-order valence-corrected chi connectivity index (χ3v) is 2.80. The van der Waals surface area contributed by atoms with Crippen molar-refractivity contribution in [2.24, 2.45) is 11.8 Å². The van der Waals surface area contributed by atoms with Gasteiger partial charge >= 0.3 is 0 Å². The molecular weight excluding hydrogens is 203 g/mol. The summed E-state index contributed by atoms with van der Waals surface area (Å²) in [4.78, 5) is 0. The zero-order valence-corrected chi connectivity index (χ0v) is 8.39. The monoisotopic (exact) mass is 214 g/mol. The zero-order chi connectivity index (χ0) is 10.1. The highest BCUT2D eigenvalue weighted by Gasteiger charge is 2.33. The molecule has 3 N–H and O–H groups in total. The van der Waals surface area contributed by atoms with E-state index < -0.39 is 0 Å². The molecule has 1 unspecified atom stereocenters. The molecule has 0 saturated heterocycles. The van der Waals surface area contributed by atoms with Gasteiger partial charge in [0.2, 0.25) is 0 Å². The first-order chi connectivity index (χ1) is 6.72. The lowest BCUT2D eigenvalue weighted by molar-refractivity contribution is 0.469. The summed E-state index contributed by atoms with van der Waals surface area (Å²) in [6.45, 7) is 0. The quantitative estimate of drug-likeness (QED) is 0.599. The molecule has 1 aliphatic rings. The van der Waals surface area contributed by atoms with E-state index in [2.05, 4.69) is 5.43 Å². The lowest BCUT2D eigenvalue weighted by Gasteiger charge is -2.16. The van der Waals surface area contributed by atoms with Gasteiger partial charge < -0.3 is 0 Å². The molecule has 1 aliphatic carbocycles.